The highest BCUT2D eigenvalue weighted by Gasteiger charge is 2.19. The molecule has 0 atom stereocenters. The van der Waals surface area contributed by atoms with Gasteiger partial charge in [0, 0.05) is 43.9 Å². The fourth-order valence-corrected chi connectivity index (χ4v) is 9.44. The van der Waals surface area contributed by atoms with E-state index in [9.17, 15) is 0 Å². The highest BCUT2D eigenvalue weighted by molar-refractivity contribution is 6.20. The number of hydrogen-bond acceptors (Lipinski definition) is 4. The predicted molar refractivity (Wildman–Crippen MR) is 256 cm³/mol. The van der Waals surface area contributed by atoms with Crippen molar-refractivity contribution in [3.63, 3.8) is 0 Å². The van der Waals surface area contributed by atoms with E-state index in [1.54, 1.807) is 0 Å². The van der Waals surface area contributed by atoms with Crippen molar-refractivity contribution in [2.45, 2.75) is 0 Å². The topological polar surface area (TPSA) is 56.7 Å². The number of rotatable bonds is 5. The van der Waals surface area contributed by atoms with Crippen molar-refractivity contribution >= 4 is 76.1 Å². The first kappa shape index (κ1) is 34.5. The van der Waals surface area contributed by atoms with Crippen molar-refractivity contribution in [1.82, 2.24) is 19.5 Å². The van der Waals surface area contributed by atoms with Gasteiger partial charge in [-0.05, 0) is 98.0 Å². The van der Waals surface area contributed by atoms with Crippen molar-refractivity contribution < 1.29 is 4.42 Å². The van der Waals surface area contributed by atoms with Crippen LogP contribution >= 0.6 is 0 Å². The molecular weight excluding hydrogens is 757 g/mol. The molecule has 0 radical (unpaired) electrons. The van der Waals surface area contributed by atoms with Crippen LogP contribution in [0.5, 0.6) is 0 Å². The van der Waals surface area contributed by atoms with Gasteiger partial charge in [0.1, 0.15) is 11.2 Å². The van der Waals surface area contributed by atoms with Crippen LogP contribution in [-0.4, -0.2) is 19.5 Å². The molecule has 5 nitrogen and oxygen atoms in total. The van der Waals surface area contributed by atoms with E-state index in [2.05, 4.69) is 205 Å². The van der Waals surface area contributed by atoms with E-state index in [0.29, 0.717) is 17.5 Å². The monoisotopic (exact) mass is 790 g/mol. The van der Waals surface area contributed by atoms with Gasteiger partial charge in [-0.1, -0.05) is 152 Å². The van der Waals surface area contributed by atoms with Gasteiger partial charge in [0.05, 0.1) is 11.0 Å². The standard InChI is InChI=1S/C57H34N4O/c1-2-12-35(13-3-1)38-18-10-19-41(30-38)55-58-56(60-57(59-55)46-22-11-17-36-14-6-7-20-44(36)46)42-25-28-47-53(33-42)62-52-29-26-37-24-27-43(34-48(37)54(47)52)61-50-23-9-8-21-45(50)49-31-39-15-4-5-16-40(39)32-51(49)61/h1-34H. The first-order chi connectivity index (χ1) is 30.7. The molecule has 0 N–H and O–H groups in total. The molecule has 0 spiro atoms. The average molecular weight is 791 g/mol. The molecule has 13 aromatic rings. The summed E-state index contributed by atoms with van der Waals surface area (Å²) in [5.41, 5.74) is 10.0. The molecule has 0 saturated carbocycles. The molecule has 13 rings (SSSR count). The molecule has 0 saturated heterocycles. The molecule has 0 aliphatic carbocycles. The molecule has 0 aliphatic heterocycles. The predicted octanol–water partition coefficient (Wildman–Crippen LogP) is 15.0. The van der Waals surface area contributed by atoms with Gasteiger partial charge < -0.3 is 8.98 Å². The Kier molecular flexibility index (Phi) is 7.54. The summed E-state index contributed by atoms with van der Waals surface area (Å²) < 4.78 is 9.12. The van der Waals surface area contributed by atoms with Crippen LogP contribution < -0.4 is 0 Å². The normalized spacial score (nSPS) is 11.9. The minimum Gasteiger partial charge on any atom is -0.456 e. The van der Waals surface area contributed by atoms with Gasteiger partial charge in [-0.3, -0.25) is 0 Å². The molecule has 0 unspecified atom stereocenters. The zero-order valence-corrected chi connectivity index (χ0v) is 33.3. The smallest absolute Gasteiger partial charge is 0.164 e. The Balaban J connectivity index is 0.986. The molecule has 0 aliphatic rings. The number of nitrogens with zero attached hydrogens (tertiary/aromatic N) is 4. The van der Waals surface area contributed by atoms with Crippen LogP contribution in [-0.2, 0) is 0 Å². The second kappa shape index (κ2) is 13.6. The van der Waals surface area contributed by atoms with E-state index in [1.807, 2.05) is 6.07 Å². The lowest BCUT2D eigenvalue weighted by Crippen LogP contribution is -2.00. The second-order valence-corrected chi connectivity index (χ2v) is 16.0. The van der Waals surface area contributed by atoms with Gasteiger partial charge in [0.15, 0.2) is 17.5 Å². The molecule has 5 heteroatoms. The maximum Gasteiger partial charge on any atom is 0.164 e. The highest BCUT2D eigenvalue weighted by Crippen LogP contribution is 2.40. The Bertz CT molecular complexity index is 3930. The lowest BCUT2D eigenvalue weighted by molar-refractivity contribution is 0.669. The summed E-state index contributed by atoms with van der Waals surface area (Å²) in [7, 11) is 0. The summed E-state index contributed by atoms with van der Waals surface area (Å²) in [6.45, 7) is 0. The summed E-state index contributed by atoms with van der Waals surface area (Å²) in [4.78, 5) is 15.5. The minimum atomic E-state index is 0.580. The number of benzene rings is 10. The van der Waals surface area contributed by atoms with Crippen molar-refractivity contribution in [3.05, 3.63) is 206 Å². The molecule has 288 valence electrons. The van der Waals surface area contributed by atoms with Crippen LogP contribution in [0.3, 0.4) is 0 Å². The van der Waals surface area contributed by atoms with E-state index in [0.717, 1.165) is 77.0 Å². The van der Waals surface area contributed by atoms with E-state index in [4.69, 9.17) is 19.4 Å². The van der Waals surface area contributed by atoms with Gasteiger partial charge in [-0.2, -0.15) is 0 Å². The van der Waals surface area contributed by atoms with Crippen molar-refractivity contribution in [3.8, 4) is 51.0 Å². The van der Waals surface area contributed by atoms with E-state index in [-0.39, 0.29) is 0 Å². The van der Waals surface area contributed by atoms with Gasteiger partial charge in [0.25, 0.3) is 0 Å². The Morgan fingerprint density at radius 1 is 0.323 bits per heavy atom. The van der Waals surface area contributed by atoms with Gasteiger partial charge >= 0.3 is 0 Å². The number of aromatic nitrogens is 4. The average Bonchev–Trinajstić information content (AvgIpc) is 3.88. The zero-order chi connectivity index (χ0) is 40.7. The van der Waals surface area contributed by atoms with Crippen molar-refractivity contribution in [2.24, 2.45) is 0 Å². The maximum atomic E-state index is 6.72. The van der Waals surface area contributed by atoms with Crippen LogP contribution in [0.2, 0.25) is 0 Å². The third-order valence-corrected chi connectivity index (χ3v) is 12.4. The molecule has 3 heterocycles. The first-order valence-electron chi connectivity index (χ1n) is 20.9. The van der Waals surface area contributed by atoms with Gasteiger partial charge in [-0.15, -0.1) is 0 Å². The Hall–Kier alpha value is -8.41. The molecule has 0 amide bonds. The molecule has 10 aromatic carbocycles. The third-order valence-electron chi connectivity index (χ3n) is 12.4. The summed E-state index contributed by atoms with van der Waals surface area (Å²) in [6, 6.07) is 72.8. The Labute approximate surface area is 355 Å². The van der Waals surface area contributed by atoms with Crippen LogP contribution in [0.4, 0.5) is 0 Å². The van der Waals surface area contributed by atoms with Gasteiger partial charge in [0.2, 0.25) is 0 Å². The Morgan fingerprint density at radius 3 is 1.84 bits per heavy atom. The number of fused-ring (bicyclic) bond motifs is 10. The van der Waals surface area contributed by atoms with Crippen molar-refractivity contribution in [1.29, 1.82) is 0 Å². The second-order valence-electron chi connectivity index (χ2n) is 16.0. The minimum absolute atomic E-state index is 0.580. The van der Waals surface area contributed by atoms with Crippen LogP contribution in [0.15, 0.2) is 211 Å². The molecule has 62 heavy (non-hydrogen) atoms. The quantitative estimate of drug-likeness (QED) is 0.174. The van der Waals surface area contributed by atoms with Crippen LogP contribution in [0, 0.1) is 0 Å². The zero-order valence-electron chi connectivity index (χ0n) is 33.3. The molecule has 0 bridgehead atoms. The molecular formula is C57H34N4O. The summed E-state index contributed by atoms with van der Waals surface area (Å²) in [6.07, 6.45) is 0. The first-order valence-corrected chi connectivity index (χ1v) is 20.9. The summed E-state index contributed by atoms with van der Waals surface area (Å²) in [5.74, 6) is 1.81. The van der Waals surface area contributed by atoms with Crippen molar-refractivity contribution in [2.75, 3.05) is 0 Å². The lowest BCUT2D eigenvalue weighted by Gasteiger charge is -2.11. The molecule has 3 aromatic heterocycles. The summed E-state index contributed by atoms with van der Waals surface area (Å²) >= 11 is 0. The van der Waals surface area contributed by atoms with E-state index >= 15 is 0 Å². The largest absolute Gasteiger partial charge is 0.456 e. The fraction of sp³-hybridized carbons (Fsp3) is 0. The molecule has 0 fully saturated rings. The van der Waals surface area contributed by atoms with E-state index in [1.165, 1.54) is 32.6 Å². The number of furan rings is 1. The summed E-state index contributed by atoms with van der Waals surface area (Å²) in [5, 5.41) is 11.6. The Morgan fingerprint density at radius 2 is 0.968 bits per heavy atom. The fourth-order valence-electron chi connectivity index (χ4n) is 9.44. The maximum absolute atomic E-state index is 6.72. The SMILES string of the molecule is c1ccc(-c2cccc(-c3nc(-c4ccc5c(c4)oc4ccc6ccc(-n7c8ccccc8c8cc9ccccc9cc87)cc6c45)nc(-c4cccc5ccccc45)n3)c2)cc1. The van der Waals surface area contributed by atoms with E-state index < -0.39 is 0 Å². The van der Waals surface area contributed by atoms with Crippen LogP contribution in [0.25, 0.3) is 127 Å². The third kappa shape index (κ3) is 5.45. The number of para-hydroxylation sites is 1. The van der Waals surface area contributed by atoms with Crippen LogP contribution in [0.1, 0.15) is 0 Å². The lowest BCUT2D eigenvalue weighted by atomic mass is 10.0. The number of hydrogen-bond donors (Lipinski definition) is 0. The highest BCUT2D eigenvalue weighted by atomic mass is 16.3. The van der Waals surface area contributed by atoms with Gasteiger partial charge in [-0.25, -0.2) is 15.0 Å².